The molecule has 0 saturated carbocycles. The lowest BCUT2D eigenvalue weighted by Gasteiger charge is -2.09. The van der Waals surface area contributed by atoms with Crippen LogP contribution in [0.2, 0.25) is 0 Å². The monoisotopic (exact) mass is 309 g/mol. The van der Waals surface area contributed by atoms with Crippen molar-refractivity contribution in [2.75, 3.05) is 12.0 Å². The molecule has 0 spiro atoms. The van der Waals surface area contributed by atoms with Crippen molar-refractivity contribution in [3.8, 4) is 6.01 Å². The van der Waals surface area contributed by atoms with Gasteiger partial charge in [0.05, 0.1) is 6.20 Å². The molecule has 1 N–H and O–H groups in total. The van der Waals surface area contributed by atoms with E-state index in [-0.39, 0.29) is 31.0 Å². The fourth-order valence-corrected chi connectivity index (χ4v) is 1.48. The molecule has 0 aliphatic heterocycles. The zero-order valence-electron chi connectivity index (χ0n) is 11.7. The van der Waals surface area contributed by atoms with Crippen LogP contribution in [0.25, 0.3) is 0 Å². The van der Waals surface area contributed by atoms with E-state index in [4.69, 9.17) is 4.74 Å². The number of aromatic nitrogens is 2. The number of nitrogens with zero attached hydrogens (tertiary/aromatic N) is 2. The molecule has 2 aromatic rings. The third-order valence-electron chi connectivity index (χ3n) is 2.52. The molecule has 8 heteroatoms. The molecule has 0 amide bonds. The van der Waals surface area contributed by atoms with E-state index in [9.17, 15) is 13.6 Å². The Kier molecular flexibility index (Phi) is 5.18. The van der Waals surface area contributed by atoms with Crippen molar-refractivity contribution in [3.05, 3.63) is 47.7 Å². The predicted molar refractivity (Wildman–Crippen MR) is 73.0 cm³/mol. The van der Waals surface area contributed by atoms with Gasteiger partial charge in [0.1, 0.15) is 12.4 Å². The van der Waals surface area contributed by atoms with E-state index >= 15 is 0 Å². The molecular formula is C14H13F2N3O3. The van der Waals surface area contributed by atoms with Gasteiger partial charge in [0.15, 0.2) is 18.4 Å². The summed E-state index contributed by atoms with van der Waals surface area (Å²) in [7, 11) is 0. The van der Waals surface area contributed by atoms with Gasteiger partial charge in [0.2, 0.25) is 0 Å². The lowest BCUT2D eigenvalue weighted by atomic mass is 10.2. The van der Waals surface area contributed by atoms with Crippen LogP contribution in [-0.4, -0.2) is 22.7 Å². The zero-order valence-corrected chi connectivity index (χ0v) is 11.7. The lowest BCUT2D eigenvalue weighted by Crippen LogP contribution is -2.12. The highest BCUT2D eigenvalue weighted by Gasteiger charge is 2.08. The molecule has 0 atom stereocenters. The Morgan fingerprint density at radius 2 is 2.00 bits per heavy atom. The molecule has 6 nitrogen and oxygen atoms in total. The molecule has 1 aromatic heterocycles. The number of carbonyl (C=O) groups is 1. The van der Waals surface area contributed by atoms with E-state index in [0.717, 1.165) is 6.20 Å². The van der Waals surface area contributed by atoms with Gasteiger partial charge in [-0.3, -0.25) is 4.79 Å². The number of hydrogen-bond acceptors (Lipinski definition) is 6. The van der Waals surface area contributed by atoms with Gasteiger partial charge < -0.3 is 14.8 Å². The summed E-state index contributed by atoms with van der Waals surface area (Å²) in [5.41, 5.74) is 0.712. The smallest absolute Gasteiger partial charge is 0.318 e. The summed E-state index contributed by atoms with van der Waals surface area (Å²) >= 11 is 0. The van der Waals surface area contributed by atoms with Crippen molar-refractivity contribution in [2.24, 2.45) is 0 Å². The summed E-state index contributed by atoms with van der Waals surface area (Å²) in [4.78, 5) is 18.1. The van der Waals surface area contributed by atoms with E-state index in [1.54, 1.807) is 12.1 Å². The molecule has 1 heterocycles. The normalized spacial score (nSPS) is 10.1. The van der Waals surface area contributed by atoms with E-state index in [2.05, 4.69) is 20.0 Å². The number of anilines is 1. The van der Waals surface area contributed by atoms with Crippen LogP contribution in [0.5, 0.6) is 6.01 Å². The summed E-state index contributed by atoms with van der Waals surface area (Å²) in [6, 6.07) is 5.65. The minimum absolute atomic E-state index is 0.0592. The summed E-state index contributed by atoms with van der Waals surface area (Å²) in [6.45, 7) is 1.12. The number of halogens is 2. The standard InChI is InChI=1S/C14H13F2N3O3/c1-9(20)22-8-18-13-12(16)6-17-14(19-13)21-7-10-2-4-11(15)5-3-10/h2-6H,7-8H2,1H3,(H,17,18,19). The Morgan fingerprint density at radius 3 is 2.68 bits per heavy atom. The number of hydrogen-bond donors (Lipinski definition) is 1. The molecule has 2 rings (SSSR count). The zero-order chi connectivity index (χ0) is 15.9. The third kappa shape index (κ3) is 4.65. The first-order valence-electron chi connectivity index (χ1n) is 6.31. The van der Waals surface area contributed by atoms with E-state index in [1.807, 2.05) is 0 Å². The fourth-order valence-electron chi connectivity index (χ4n) is 1.48. The minimum atomic E-state index is -0.707. The molecule has 0 bridgehead atoms. The maximum absolute atomic E-state index is 13.5. The number of esters is 1. The Balaban J connectivity index is 1.96. The predicted octanol–water partition coefficient (Wildman–Crippen LogP) is 2.27. The molecule has 0 fully saturated rings. The van der Waals surface area contributed by atoms with Gasteiger partial charge in [0, 0.05) is 6.92 Å². The van der Waals surface area contributed by atoms with Crippen molar-refractivity contribution in [1.82, 2.24) is 9.97 Å². The average molecular weight is 309 g/mol. The molecule has 0 saturated heterocycles. The second kappa shape index (κ2) is 7.30. The molecule has 116 valence electrons. The van der Waals surface area contributed by atoms with Crippen molar-refractivity contribution < 1.29 is 23.0 Å². The van der Waals surface area contributed by atoms with Crippen molar-refractivity contribution in [2.45, 2.75) is 13.5 Å². The van der Waals surface area contributed by atoms with Gasteiger partial charge in [-0.05, 0) is 17.7 Å². The summed E-state index contributed by atoms with van der Waals surface area (Å²) < 4.78 is 36.2. The quantitative estimate of drug-likeness (QED) is 0.652. The number of benzene rings is 1. The van der Waals surface area contributed by atoms with E-state index < -0.39 is 11.8 Å². The molecular weight excluding hydrogens is 296 g/mol. The maximum Gasteiger partial charge on any atom is 0.318 e. The van der Waals surface area contributed by atoms with Gasteiger partial charge in [-0.15, -0.1) is 0 Å². The summed E-state index contributed by atoms with van der Waals surface area (Å²) in [6.07, 6.45) is 0.934. The highest BCUT2D eigenvalue weighted by molar-refractivity contribution is 5.66. The van der Waals surface area contributed by atoms with Crippen LogP contribution < -0.4 is 10.1 Å². The Hall–Kier alpha value is -2.77. The molecule has 22 heavy (non-hydrogen) atoms. The van der Waals surface area contributed by atoms with E-state index in [1.165, 1.54) is 19.1 Å². The molecule has 0 unspecified atom stereocenters. The largest absolute Gasteiger partial charge is 0.459 e. The minimum Gasteiger partial charge on any atom is -0.459 e. The maximum atomic E-state index is 13.5. The summed E-state index contributed by atoms with van der Waals surface area (Å²) in [5, 5.41) is 2.49. The van der Waals surface area contributed by atoms with E-state index in [0.29, 0.717) is 5.56 Å². The Bertz CT molecular complexity index is 650. The highest BCUT2D eigenvalue weighted by atomic mass is 19.1. The number of ether oxygens (including phenoxy) is 2. The average Bonchev–Trinajstić information content (AvgIpc) is 2.49. The first kappa shape index (κ1) is 15.6. The molecule has 1 aromatic carbocycles. The number of carbonyl (C=O) groups excluding carboxylic acids is 1. The second-order valence-corrected chi connectivity index (χ2v) is 4.22. The van der Waals surface area contributed by atoms with Crippen LogP contribution in [0.3, 0.4) is 0 Å². The topological polar surface area (TPSA) is 73.3 Å². The van der Waals surface area contributed by atoms with Crippen LogP contribution in [0, 0.1) is 11.6 Å². The molecule has 0 radical (unpaired) electrons. The third-order valence-corrected chi connectivity index (χ3v) is 2.52. The van der Waals surface area contributed by atoms with Crippen LogP contribution in [-0.2, 0) is 16.1 Å². The van der Waals surface area contributed by atoms with Crippen LogP contribution in [0.15, 0.2) is 30.5 Å². The SMILES string of the molecule is CC(=O)OCNc1nc(OCc2ccc(F)cc2)ncc1F. The van der Waals surface area contributed by atoms with Gasteiger partial charge in [-0.25, -0.2) is 13.8 Å². The Morgan fingerprint density at radius 1 is 1.27 bits per heavy atom. The Labute approximate surface area is 125 Å². The number of nitrogens with one attached hydrogen (secondary N) is 1. The molecule has 0 aliphatic rings. The number of rotatable bonds is 6. The van der Waals surface area contributed by atoms with Gasteiger partial charge in [-0.1, -0.05) is 12.1 Å². The van der Waals surface area contributed by atoms with Crippen molar-refractivity contribution in [3.63, 3.8) is 0 Å². The van der Waals surface area contributed by atoms with Crippen molar-refractivity contribution in [1.29, 1.82) is 0 Å². The van der Waals surface area contributed by atoms with Crippen LogP contribution >= 0.6 is 0 Å². The van der Waals surface area contributed by atoms with Gasteiger partial charge in [0.25, 0.3) is 0 Å². The summed E-state index contributed by atoms with van der Waals surface area (Å²) in [5.74, 6) is -1.71. The van der Waals surface area contributed by atoms with Crippen molar-refractivity contribution >= 4 is 11.8 Å². The first-order valence-corrected chi connectivity index (χ1v) is 6.31. The van der Waals surface area contributed by atoms with Gasteiger partial charge in [-0.2, -0.15) is 4.98 Å². The van der Waals surface area contributed by atoms with Crippen LogP contribution in [0.1, 0.15) is 12.5 Å². The fraction of sp³-hybridized carbons (Fsp3) is 0.214. The van der Waals surface area contributed by atoms with Gasteiger partial charge >= 0.3 is 12.0 Å². The second-order valence-electron chi connectivity index (χ2n) is 4.22. The molecule has 0 aliphatic carbocycles. The highest BCUT2D eigenvalue weighted by Crippen LogP contribution is 2.14. The first-order chi connectivity index (χ1) is 10.5. The van der Waals surface area contributed by atoms with Crippen LogP contribution in [0.4, 0.5) is 14.6 Å². The lowest BCUT2D eigenvalue weighted by molar-refractivity contribution is -0.140.